The van der Waals surface area contributed by atoms with Crippen LogP contribution in [0.1, 0.15) is 44.9 Å². The molecule has 0 aromatic heterocycles. The van der Waals surface area contributed by atoms with Crippen LogP contribution in [-0.2, 0) is 17.8 Å². The normalized spacial score (nSPS) is 26.6. The number of amides is 1. The Kier molecular flexibility index (Phi) is 12.5. The Morgan fingerprint density at radius 3 is 2.35 bits per heavy atom. The van der Waals surface area contributed by atoms with Gasteiger partial charge in [-0.05, 0) is 29.5 Å². The van der Waals surface area contributed by atoms with Crippen molar-refractivity contribution < 1.29 is 17.8 Å². The summed E-state index contributed by atoms with van der Waals surface area (Å²) in [7, 11) is 2.55. The molecule has 0 aromatic carbocycles. The molecule has 1 rings (SSSR count). The first-order valence-electron chi connectivity index (χ1n) is 8.88. The van der Waals surface area contributed by atoms with E-state index in [1.54, 1.807) is 0 Å². The van der Waals surface area contributed by atoms with Gasteiger partial charge in [0.15, 0.2) is 19.5 Å². The highest BCUT2D eigenvalue weighted by atomic mass is 28.3. The standard InChI is InChI=1S/C14H33NO4Si4/c1-17-21-11-7-3-4-8-12(14(11)23-18-2)22-19-20-10-6-5-9-13(15)16/h11-12,14,20H,3-10,21-23H2,1-2H3,(H-,15,16)/p+1. The van der Waals surface area contributed by atoms with Gasteiger partial charge in [-0.25, -0.2) is 0 Å². The second-order valence-corrected chi connectivity index (χ2v) is 14.0. The van der Waals surface area contributed by atoms with Crippen LogP contribution in [0.4, 0.5) is 0 Å². The molecular formula is C14H34NO4Si4+. The van der Waals surface area contributed by atoms with Crippen LogP contribution in [-0.4, -0.2) is 59.2 Å². The fraction of sp³-hybridized carbons (Fsp3) is 0.929. The fourth-order valence-electron chi connectivity index (χ4n) is 3.52. The summed E-state index contributed by atoms with van der Waals surface area (Å²) in [5.41, 5.74) is 7.59. The Morgan fingerprint density at radius 2 is 1.74 bits per heavy atom. The van der Waals surface area contributed by atoms with Gasteiger partial charge in [-0.1, -0.05) is 25.7 Å². The van der Waals surface area contributed by atoms with E-state index in [0.717, 1.165) is 35.5 Å². The number of carbonyl (C=O) groups excluding carboxylic acids is 1. The zero-order valence-corrected chi connectivity index (χ0v) is 20.2. The minimum absolute atomic E-state index is 0.108. The Hall–Kier alpha value is 0.218. The number of hydrogen-bond acceptors (Lipinski definition) is 4. The molecule has 0 spiro atoms. The van der Waals surface area contributed by atoms with E-state index in [1.807, 2.05) is 14.2 Å². The van der Waals surface area contributed by atoms with Crippen LogP contribution in [0, 0.1) is 0 Å². The molecule has 1 aliphatic rings. The first-order chi connectivity index (χ1) is 11.2. The average molecular weight is 393 g/mol. The third-order valence-corrected chi connectivity index (χ3v) is 13.7. The zero-order valence-electron chi connectivity index (χ0n) is 14.8. The summed E-state index contributed by atoms with van der Waals surface area (Å²) in [6.07, 6.45) is 7.93. The van der Waals surface area contributed by atoms with Crippen molar-refractivity contribution in [3.05, 3.63) is 0 Å². The highest BCUT2D eigenvalue weighted by Crippen LogP contribution is 2.44. The maximum absolute atomic E-state index is 10.7. The van der Waals surface area contributed by atoms with E-state index in [1.165, 1.54) is 25.7 Å². The molecule has 0 saturated heterocycles. The van der Waals surface area contributed by atoms with Crippen LogP contribution in [0.2, 0.25) is 22.7 Å². The summed E-state index contributed by atoms with van der Waals surface area (Å²) in [4.78, 5) is 10.7. The second-order valence-electron chi connectivity index (χ2n) is 6.59. The predicted molar refractivity (Wildman–Crippen MR) is 105 cm³/mol. The van der Waals surface area contributed by atoms with Gasteiger partial charge in [-0.3, -0.25) is 8.91 Å². The Morgan fingerprint density at radius 1 is 1.09 bits per heavy atom. The lowest BCUT2D eigenvalue weighted by atomic mass is 10.2. The highest BCUT2D eigenvalue weighted by Gasteiger charge is 2.33. The third kappa shape index (κ3) is 9.32. The summed E-state index contributed by atoms with van der Waals surface area (Å²) in [6, 6.07) is 1.13. The first kappa shape index (κ1) is 21.3. The van der Waals surface area contributed by atoms with Gasteiger partial charge in [0.1, 0.15) is 0 Å². The Balaban J connectivity index is 2.31. The summed E-state index contributed by atoms with van der Waals surface area (Å²) < 4.78 is 17.4. The molecule has 9 heteroatoms. The number of primary amides is 1. The molecule has 1 fully saturated rings. The molecule has 0 aromatic rings. The molecule has 0 heterocycles. The quantitative estimate of drug-likeness (QED) is 0.286. The number of nitrogens with two attached hydrogens (primary N) is 1. The van der Waals surface area contributed by atoms with Gasteiger partial charge in [0.05, 0.1) is 6.04 Å². The Bertz CT molecular complexity index is 325. The van der Waals surface area contributed by atoms with Crippen molar-refractivity contribution in [1.29, 1.82) is 0 Å². The zero-order chi connectivity index (χ0) is 16.9. The van der Waals surface area contributed by atoms with Crippen molar-refractivity contribution in [2.75, 3.05) is 14.2 Å². The van der Waals surface area contributed by atoms with E-state index in [0.29, 0.717) is 6.42 Å². The summed E-state index contributed by atoms with van der Waals surface area (Å²) >= 11 is 0. The van der Waals surface area contributed by atoms with Gasteiger partial charge in [0.2, 0.25) is 15.7 Å². The molecule has 3 unspecified atom stereocenters. The summed E-state index contributed by atoms with van der Waals surface area (Å²) in [5.74, 6) is -0.186. The monoisotopic (exact) mass is 392 g/mol. The van der Waals surface area contributed by atoms with E-state index in [2.05, 4.69) is 0 Å². The maximum Gasteiger partial charge on any atom is 0.443 e. The Labute approximate surface area is 150 Å². The lowest BCUT2D eigenvalue weighted by molar-refractivity contribution is -0.118. The van der Waals surface area contributed by atoms with E-state index >= 15 is 0 Å². The van der Waals surface area contributed by atoms with Crippen LogP contribution >= 0.6 is 0 Å². The number of rotatable bonds is 12. The topological polar surface area (TPSA) is 70.8 Å². The molecule has 134 valence electrons. The number of carbonyl (C=O) groups is 1. The van der Waals surface area contributed by atoms with Gasteiger partial charge < -0.3 is 14.6 Å². The number of hydrogen-bond donors (Lipinski definition) is 1. The molecule has 1 saturated carbocycles. The van der Waals surface area contributed by atoms with Crippen molar-refractivity contribution in [2.24, 2.45) is 5.73 Å². The van der Waals surface area contributed by atoms with Crippen molar-refractivity contribution in [3.63, 3.8) is 0 Å². The van der Waals surface area contributed by atoms with Crippen molar-refractivity contribution >= 4 is 45.0 Å². The highest BCUT2D eigenvalue weighted by molar-refractivity contribution is 6.47. The van der Waals surface area contributed by atoms with Gasteiger partial charge in [0.25, 0.3) is 0 Å². The molecule has 0 bridgehead atoms. The van der Waals surface area contributed by atoms with E-state index in [-0.39, 0.29) is 15.7 Å². The molecule has 1 amide bonds. The molecule has 3 atom stereocenters. The summed E-state index contributed by atoms with van der Waals surface area (Å²) in [5, 5.41) is 0. The molecule has 5 nitrogen and oxygen atoms in total. The van der Waals surface area contributed by atoms with Crippen molar-refractivity contribution in [3.8, 4) is 0 Å². The second kappa shape index (κ2) is 13.5. The predicted octanol–water partition coefficient (Wildman–Crippen LogP) is -0.0879. The van der Waals surface area contributed by atoms with Gasteiger partial charge >= 0.3 is 9.76 Å². The number of unbranched alkanes of at least 4 members (excludes halogenated alkanes) is 1. The lowest BCUT2D eigenvalue weighted by Crippen LogP contribution is -2.25. The van der Waals surface area contributed by atoms with Gasteiger partial charge in [-0.2, -0.15) is 0 Å². The van der Waals surface area contributed by atoms with E-state index in [9.17, 15) is 4.79 Å². The van der Waals surface area contributed by atoms with Crippen LogP contribution in [0.5, 0.6) is 0 Å². The van der Waals surface area contributed by atoms with Crippen LogP contribution in [0.15, 0.2) is 0 Å². The van der Waals surface area contributed by atoms with Crippen molar-refractivity contribution in [1.82, 2.24) is 0 Å². The van der Waals surface area contributed by atoms with Gasteiger partial charge in [0, 0.05) is 20.6 Å². The lowest BCUT2D eigenvalue weighted by Gasteiger charge is -2.28. The van der Waals surface area contributed by atoms with Crippen molar-refractivity contribution in [2.45, 2.75) is 67.6 Å². The molecule has 2 N–H and O–H groups in total. The minimum atomic E-state index is -0.456. The molecule has 0 aliphatic heterocycles. The molecular weight excluding hydrogens is 359 g/mol. The largest absolute Gasteiger partial charge is 0.443 e. The first-order valence-corrected chi connectivity index (χ1v) is 14.4. The van der Waals surface area contributed by atoms with Crippen LogP contribution < -0.4 is 5.73 Å². The molecule has 0 radical (unpaired) electrons. The van der Waals surface area contributed by atoms with E-state index < -0.39 is 29.3 Å². The SMILES string of the molecule is CO[SiH2]C1CCCCC([SiH2]O[SiH+]CCCCC(N)=O)C1[SiH2]OC. The third-order valence-electron chi connectivity index (χ3n) is 4.77. The maximum atomic E-state index is 10.7. The van der Waals surface area contributed by atoms with Gasteiger partial charge in [-0.15, -0.1) is 0 Å². The summed E-state index contributed by atoms with van der Waals surface area (Å²) in [6.45, 7) is 0. The smallest absolute Gasteiger partial charge is 0.427 e. The van der Waals surface area contributed by atoms with Crippen LogP contribution in [0.25, 0.3) is 0 Å². The van der Waals surface area contributed by atoms with Crippen LogP contribution in [0.3, 0.4) is 0 Å². The minimum Gasteiger partial charge on any atom is -0.427 e. The average Bonchev–Trinajstić information content (AvgIpc) is 2.70. The molecule has 1 aliphatic carbocycles. The fourth-order valence-corrected chi connectivity index (χ4v) is 12.2. The molecule has 23 heavy (non-hydrogen) atoms. The van der Waals surface area contributed by atoms with E-state index in [4.69, 9.17) is 18.7 Å².